The Morgan fingerprint density at radius 2 is 1.27 bits per heavy atom. The molecule has 2 radical (unpaired) electrons. The molecule has 0 nitrogen and oxygen atoms in total. The predicted octanol–water partition coefficient (Wildman–Crippen LogP) is 2.98. The van der Waals surface area contributed by atoms with E-state index in [-0.39, 0.29) is 0 Å². The van der Waals surface area contributed by atoms with E-state index in [1.165, 1.54) is 22.3 Å². The Morgan fingerprint density at radius 3 is 1.64 bits per heavy atom. The van der Waals surface area contributed by atoms with Crippen molar-refractivity contribution >= 4 is 0 Å². The van der Waals surface area contributed by atoms with Gasteiger partial charge in [-0.25, -0.2) is 0 Å². The van der Waals surface area contributed by atoms with Crippen LogP contribution < -0.4 is 0 Å². The zero-order chi connectivity index (χ0) is 8.59. The van der Waals surface area contributed by atoms with Crippen molar-refractivity contribution in [1.82, 2.24) is 0 Å². The minimum Gasteiger partial charge on any atom is -0.0558 e. The van der Waals surface area contributed by atoms with Gasteiger partial charge in [0, 0.05) is 0 Å². The van der Waals surface area contributed by atoms with Crippen molar-refractivity contribution in [3.05, 3.63) is 40.8 Å². The highest BCUT2D eigenvalue weighted by molar-refractivity contribution is 5.45. The maximum atomic E-state index is 5.88. The van der Waals surface area contributed by atoms with E-state index < -0.39 is 0 Å². The van der Waals surface area contributed by atoms with E-state index in [4.69, 9.17) is 6.92 Å². The van der Waals surface area contributed by atoms with Gasteiger partial charge < -0.3 is 0 Å². The Kier molecular flexibility index (Phi) is 2.03. The molecule has 0 N–H and O–H groups in total. The molecular formula is C11H14. The topological polar surface area (TPSA) is 0 Å². The Balaban J connectivity index is 3.46. The van der Waals surface area contributed by atoms with Crippen molar-refractivity contribution in [2.75, 3.05) is 0 Å². The molecule has 0 bridgehead atoms. The number of benzene rings is 1. The minimum absolute atomic E-state index is 0.947. The summed E-state index contributed by atoms with van der Waals surface area (Å²) in [4.78, 5) is 0. The summed E-state index contributed by atoms with van der Waals surface area (Å²) in [7, 11) is 0. The first-order valence-corrected chi connectivity index (χ1v) is 3.87. The third kappa shape index (κ3) is 1.30. The zero-order valence-corrected chi connectivity index (χ0v) is 7.65. The van der Waals surface area contributed by atoms with Crippen LogP contribution in [0.4, 0.5) is 0 Å². The second kappa shape index (κ2) is 2.69. The Morgan fingerprint density at radius 1 is 0.909 bits per heavy atom. The average Bonchev–Trinajstić information content (AvgIpc) is 1.97. The standard InChI is InChI=1S/C11H14/c1-7-6-8(2)10(4)11(5)9(7)3/h5-6H,1-4H3. The molecule has 0 atom stereocenters. The Hall–Kier alpha value is -0.780. The third-order valence-electron chi connectivity index (χ3n) is 2.42. The van der Waals surface area contributed by atoms with Crippen LogP contribution in [0.3, 0.4) is 0 Å². The molecule has 0 aromatic heterocycles. The van der Waals surface area contributed by atoms with Crippen LogP contribution in [-0.4, -0.2) is 0 Å². The van der Waals surface area contributed by atoms with Gasteiger partial charge in [0.2, 0.25) is 0 Å². The van der Waals surface area contributed by atoms with Crippen LogP contribution in [0.15, 0.2) is 6.07 Å². The second-order valence-corrected chi connectivity index (χ2v) is 3.17. The van der Waals surface area contributed by atoms with Gasteiger partial charge in [-0.3, -0.25) is 0 Å². The number of aryl methyl sites for hydroxylation is 2. The maximum Gasteiger partial charge on any atom is -0.000619 e. The highest BCUT2D eigenvalue weighted by Gasteiger charge is 2.02. The fourth-order valence-corrected chi connectivity index (χ4v) is 1.25. The highest BCUT2D eigenvalue weighted by atomic mass is 14.1. The lowest BCUT2D eigenvalue weighted by molar-refractivity contribution is 1.21. The van der Waals surface area contributed by atoms with E-state index >= 15 is 0 Å². The van der Waals surface area contributed by atoms with Crippen molar-refractivity contribution in [2.45, 2.75) is 27.7 Å². The molecule has 0 heterocycles. The molecule has 1 aromatic rings. The van der Waals surface area contributed by atoms with Gasteiger partial charge >= 0.3 is 0 Å². The lowest BCUT2D eigenvalue weighted by Crippen LogP contribution is -1.93. The summed E-state index contributed by atoms with van der Waals surface area (Å²) in [6.07, 6.45) is 0. The molecule has 0 fully saturated rings. The normalized spacial score (nSPS) is 10.3. The SMILES string of the molecule is [CH]c1c(C)c(C)cc(C)c1C. The predicted molar refractivity (Wildman–Crippen MR) is 48.8 cm³/mol. The summed E-state index contributed by atoms with van der Waals surface area (Å²) in [6.45, 7) is 14.2. The van der Waals surface area contributed by atoms with Crippen molar-refractivity contribution in [3.8, 4) is 0 Å². The van der Waals surface area contributed by atoms with Gasteiger partial charge in [0.15, 0.2) is 0 Å². The van der Waals surface area contributed by atoms with Crippen LogP contribution in [0, 0.1) is 34.6 Å². The molecule has 0 amide bonds. The van der Waals surface area contributed by atoms with Gasteiger partial charge in [0.25, 0.3) is 0 Å². The van der Waals surface area contributed by atoms with Crippen LogP contribution in [-0.2, 0) is 0 Å². The third-order valence-corrected chi connectivity index (χ3v) is 2.42. The van der Waals surface area contributed by atoms with E-state index in [1.54, 1.807) is 0 Å². The molecule has 0 heteroatoms. The Bertz CT molecular complexity index is 256. The summed E-state index contributed by atoms with van der Waals surface area (Å²) in [5.74, 6) is 0. The molecule has 1 rings (SSSR count). The monoisotopic (exact) mass is 146 g/mol. The van der Waals surface area contributed by atoms with Gasteiger partial charge in [-0.1, -0.05) is 6.07 Å². The van der Waals surface area contributed by atoms with Crippen molar-refractivity contribution in [1.29, 1.82) is 0 Å². The first-order chi connectivity index (χ1) is 5.04. The molecule has 11 heavy (non-hydrogen) atoms. The van der Waals surface area contributed by atoms with Crippen LogP contribution >= 0.6 is 0 Å². The number of hydrogen-bond acceptors (Lipinski definition) is 0. The summed E-state index contributed by atoms with van der Waals surface area (Å²) in [5, 5.41) is 0. The summed E-state index contributed by atoms with van der Waals surface area (Å²) in [6, 6.07) is 2.18. The molecule has 0 aliphatic heterocycles. The van der Waals surface area contributed by atoms with E-state index in [2.05, 4.69) is 33.8 Å². The van der Waals surface area contributed by atoms with Crippen LogP contribution in [0.5, 0.6) is 0 Å². The summed E-state index contributed by atoms with van der Waals surface area (Å²) in [5.41, 5.74) is 5.94. The summed E-state index contributed by atoms with van der Waals surface area (Å²) >= 11 is 0. The first kappa shape index (κ1) is 8.32. The number of rotatable bonds is 0. The van der Waals surface area contributed by atoms with Gasteiger partial charge in [-0.15, -0.1) is 0 Å². The smallest absolute Gasteiger partial charge is 0.000619 e. The largest absolute Gasteiger partial charge is 0.0558 e. The van der Waals surface area contributed by atoms with E-state index in [0.717, 1.165) is 5.56 Å². The molecule has 0 saturated heterocycles. The van der Waals surface area contributed by atoms with Crippen molar-refractivity contribution in [2.24, 2.45) is 0 Å². The number of hydrogen-bond donors (Lipinski definition) is 0. The quantitative estimate of drug-likeness (QED) is 0.528. The van der Waals surface area contributed by atoms with Gasteiger partial charge in [-0.2, -0.15) is 0 Å². The van der Waals surface area contributed by atoms with Crippen LogP contribution in [0.25, 0.3) is 0 Å². The van der Waals surface area contributed by atoms with Gasteiger partial charge in [-0.05, 0) is 62.4 Å². The molecular weight excluding hydrogens is 132 g/mol. The zero-order valence-electron chi connectivity index (χ0n) is 7.65. The molecule has 58 valence electrons. The van der Waals surface area contributed by atoms with E-state index in [0.29, 0.717) is 0 Å². The molecule has 0 spiro atoms. The highest BCUT2D eigenvalue weighted by Crippen LogP contribution is 2.19. The lowest BCUT2D eigenvalue weighted by Gasteiger charge is -2.10. The van der Waals surface area contributed by atoms with Gasteiger partial charge in [0.1, 0.15) is 0 Å². The maximum absolute atomic E-state index is 5.88. The van der Waals surface area contributed by atoms with Crippen molar-refractivity contribution in [3.63, 3.8) is 0 Å². The van der Waals surface area contributed by atoms with Gasteiger partial charge in [0.05, 0.1) is 0 Å². The molecule has 0 unspecified atom stereocenters. The fraction of sp³-hybridized carbons (Fsp3) is 0.364. The van der Waals surface area contributed by atoms with Crippen LogP contribution in [0.1, 0.15) is 27.8 Å². The lowest BCUT2D eigenvalue weighted by atomic mass is 9.96. The summed E-state index contributed by atoms with van der Waals surface area (Å²) < 4.78 is 0. The first-order valence-electron chi connectivity index (χ1n) is 3.87. The fourth-order valence-electron chi connectivity index (χ4n) is 1.25. The van der Waals surface area contributed by atoms with E-state index in [9.17, 15) is 0 Å². The second-order valence-electron chi connectivity index (χ2n) is 3.17. The molecule has 0 aliphatic carbocycles. The molecule has 1 aromatic carbocycles. The van der Waals surface area contributed by atoms with Crippen molar-refractivity contribution < 1.29 is 0 Å². The average molecular weight is 146 g/mol. The molecule has 0 aliphatic rings. The Labute approximate surface area is 69.3 Å². The van der Waals surface area contributed by atoms with E-state index in [1.807, 2.05) is 0 Å². The molecule has 0 saturated carbocycles. The van der Waals surface area contributed by atoms with Crippen LogP contribution in [0.2, 0.25) is 0 Å². The minimum atomic E-state index is 0.947.